The molecule has 7 nitrogen and oxygen atoms in total. The summed E-state index contributed by atoms with van der Waals surface area (Å²) in [5.74, 6) is 0.274. The molecule has 0 bridgehead atoms. The molecular weight excluding hydrogens is 326 g/mol. The second kappa shape index (κ2) is 7.24. The first-order valence-electron chi connectivity index (χ1n) is 7.25. The van der Waals surface area contributed by atoms with Gasteiger partial charge in [0.05, 0.1) is 5.69 Å². The fraction of sp³-hybridized carbons (Fsp3) is 0.188. The molecule has 0 spiro atoms. The standard InChI is InChI=1S/C16H15N5O2S/c1-10(22)12-4-2-11(3-5-12)8-13-9-24-15(17-13)7-6-14(23)16-18-20-21-19-16/h2-7,9,14,23H,8H2,1H3,(H,18,19,20,21). The number of Topliss-reactive ketones (excluding diaryl/α,β-unsaturated/α-hetero) is 1. The molecule has 0 aliphatic rings. The molecule has 0 amide bonds. The van der Waals surface area contributed by atoms with Crippen molar-refractivity contribution in [1.82, 2.24) is 25.6 Å². The molecule has 0 radical (unpaired) electrons. The van der Waals surface area contributed by atoms with Crippen LogP contribution in [0.15, 0.2) is 35.7 Å². The van der Waals surface area contributed by atoms with Crippen molar-refractivity contribution in [3.05, 3.63) is 63.4 Å². The largest absolute Gasteiger partial charge is 0.381 e. The van der Waals surface area contributed by atoms with E-state index in [9.17, 15) is 9.90 Å². The van der Waals surface area contributed by atoms with Gasteiger partial charge in [-0.3, -0.25) is 4.79 Å². The highest BCUT2D eigenvalue weighted by atomic mass is 32.1. The van der Waals surface area contributed by atoms with Crippen molar-refractivity contribution >= 4 is 23.2 Å². The smallest absolute Gasteiger partial charge is 0.206 e. The Kier molecular flexibility index (Phi) is 4.88. The highest BCUT2D eigenvalue weighted by Gasteiger charge is 2.08. The summed E-state index contributed by atoms with van der Waals surface area (Å²) in [6.45, 7) is 1.55. The summed E-state index contributed by atoms with van der Waals surface area (Å²) in [6, 6.07) is 7.52. The van der Waals surface area contributed by atoms with Crippen molar-refractivity contribution in [3.8, 4) is 0 Å². The summed E-state index contributed by atoms with van der Waals surface area (Å²) in [5.41, 5.74) is 2.73. The maximum Gasteiger partial charge on any atom is 0.206 e. The van der Waals surface area contributed by atoms with E-state index in [0.29, 0.717) is 12.0 Å². The Morgan fingerprint density at radius 1 is 1.38 bits per heavy atom. The SMILES string of the molecule is CC(=O)c1ccc(Cc2csc(C=CC(O)c3nn[nH]n3)n2)cc1. The molecule has 3 rings (SSSR count). The lowest BCUT2D eigenvalue weighted by Crippen LogP contribution is -1.96. The molecule has 0 saturated carbocycles. The second-order valence-corrected chi connectivity index (χ2v) is 6.07. The third kappa shape index (κ3) is 3.98. The highest BCUT2D eigenvalue weighted by Crippen LogP contribution is 2.17. The van der Waals surface area contributed by atoms with Crippen LogP contribution in [-0.4, -0.2) is 36.5 Å². The van der Waals surface area contributed by atoms with Crippen LogP contribution in [0.3, 0.4) is 0 Å². The van der Waals surface area contributed by atoms with Crippen molar-refractivity contribution in [3.63, 3.8) is 0 Å². The van der Waals surface area contributed by atoms with Gasteiger partial charge in [-0.2, -0.15) is 5.21 Å². The lowest BCUT2D eigenvalue weighted by Gasteiger charge is -2.00. The zero-order chi connectivity index (χ0) is 16.9. The van der Waals surface area contributed by atoms with E-state index in [0.717, 1.165) is 16.3 Å². The third-order valence-corrected chi connectivity index (χ3v) is 4.22. The summed E-state index contributed by atoms with van der Waals surface area (Å²) in [6.07, 6.45) is 3.06. The molecule has 1 unspecified atom stereocenters. The first-order valence-corrected chi connectivity index (χ1v) is 8.13. The number of ketones is 1. The van der Waals surface area contributed by atoms with Crippen LogP contribution in [0.5, 0.6) is 0 Å². The lowest BCUT2D eigenvalue weighted by atomic mass is 10.1. The number of carbonyl (C=O) groups is 1. The van der Waals surface area contributed by atoms with Crippen molar-refractivity contribution < 1.29 is 9.90 Å². The van der Waals surface area contributed by atoms with Crippen LogP contribution in [0, 0.1) is 0 Å². The number of tetrazole rings is 1. The number of nitrogens with one attached hydrogen (secondary N) is 1. The van der Waals surface area contributed by atoms with Gasteiger partial charge in [-0.05, 0) is 24.6 Å². The Hall–Kier alpha value is -2.71. The van der Waals surface area contributed by atoms with Crippen LogP contribution in [0.2, 0.25) is 0 Å². The van der Waals surface area contributed by atoms with Gasteiger partial charge < -0.3 is 5.11 Å². The van der Waals surface area contributed by atoms with Crippen molar-refractivity contribution in [2.24, 2.45) is 0 Å². The molecule has 1 atom stereocenters. The van der Waals surface area contributed by atoms with Crippen molar-refractivity contribution in [2.75, 3.05) is 0 Å². The number of hydrogen-bond donors (Lipinski definition) is 2. The van der Waals surface area contributed by atoms with Gasteiger partial charge in [-0.15, -0.1) is 21.5 Å². The predicted octanol–water partition coefficient (Wildman–Crippen LogP) is 2.20. The summed E-state index contributed by atoms with van der Waals surface area (Å²) in [5, 5.41) is 25.8. The molecule has 0 aliphatic carbocycles. The number of rotatable bonds is 6. The molecule has 2 heterocycles. The first-order chi connectivity index (χ1) is 11.6. The quantitative estimate of drug-likeness (QED) is 0.666. The van der Waals surface area contributed by atoms with E-state index >= 15 is 0 Å². The maximum atomic E-state index is 11.3. The number of thiazole rings is 1. The monoisotopic (exact) mass is 341 g/mol. The normalized spacial score (nSPS) is 12.6. The van der Waals surface area contributed by atoms with Crippen LogP contribution in [-0.2, 0) is 6.42 Å². The van der Waals surface area contributed by atoms with Gasteiger partial charge in [0.25, 0.3) is 0 Å². The Balaban J connectivity index is 1.64. The minimum Gasteiger partial charge on any atom is -0.381 e. The Morgan fingerprint density at radius 3 is 2.83 bits per heavy atom. The molecule has 3 aromatic rings. The Bertz CT molecular complexity index is 840. The summed E-state index contributed by atoms with van der Waals surface area (Å²) in [7, 11) is 0. The number of H-pyrrole nitrogens is 1. The predicted molar refractivity (Wildman–Crippen MR) is 89.5 cm³/mol. The van der Waals surface area contributed by atoms with Gasteiger partial charge in [-0.25, -0.2) is 4.98 Å². The van der Waals surface area contributed by atoms with Crippen LogP contribution in [0.4, 0.5) is 0 Å². The maximum absolute atomic E-state index is 11.3. The van der Waals surface area contributed by atoms with Gasteiger partial charge >= 0.3 is 0 Å². The van der Waals surface area contributed by atoms with Crippen LogP contribution >= 0.6 is 11.3 Å². The summed E-state index contributed by atoms with van der Waals surface area (Å²) in [4.78, 5) is 15.8. The molecule has 2 aromatic heterocycles. The van der Waals surface area contributed by atoms with Gasteiger partial charge in [0.15, 0.2) is 5.78 Å². The number of hydrogen-bond acceptors (Lipinski definition) is 7. The Morgan fingerprint density at radius 2 is 2.17 bits per heavy atom. The number of aliphatic hydroxyl groups excluding tert-OH is 1. The Labute approximate surface area is 142 Å². The van der Waals surface area contributed by atoms with E-state index in [2.05, 4.69) is 25.6 Å². The van der Waals surface area contributed by atoms with Crippen LogP contribution in [0.1, 0.15) is 45.5 Å². The molecule has 0 saturated heterocycles. The van der Waals surface area contributed by atoms with Crippen LogP contribution < -0.4 is 0 Å². The van der Waals surface area contributed by atoms with E-state index in [-0.39, 0.29) is 11.6 Å². The molecule has 0 fully saturated rings. The first kappa shape index (κ1) is 16.2. The minimum atomic E-state index is -0.921. The number of nitrogens with zero attached hydrogens (tertiary/aromatic N) is 4. The van der Waals surface area contributed by atoms with Gasteiger partial charge in [0.1, 0.15) is 11.1 Å². The summed E-state index contributed by atoms with van der Waals surface area (Å²) >= 11 is 1.49. The van der Waals surface area contributed by atoms with E-state index in [1.807, 2.05) is 29.6 Å². The number of carbonyl (C=O) groups excluding carboxylic acids is 1. The average Bonchev–Trinajstić information content (AvgIpc) is 3.25. The fourth-order valence-electron chi connectivity index (χ4n) is 2.10. The fourth-order valence-corrected chi connectivity index (χ4v) is 2.82. The van der Waals surface area contributed by atoms with E-state index < -0.39 is 6.10 Å². The van der Waals surface area contributed by atoms with E-state index in [1.165, 1.54) is 11.3 Å². The number of aromatic nitrogens is 5. The molecule has 8 heteroatoms. The molecular formula is C16H15N5O2S. The van der Waals surface area contributed by atoms with Gasteiger partial charge in [-0.1, -0.05) is 29.5 Å². The van der Waals surface area contributed by atoms with E-state index in [4.69, 9.17) is 0 Å². The zero-order valence-electron chi connectivity index (χ0n) is 12.9. The molecule has 24 heavy (non-hydrogen) atoms. The van der Waals surface area contributed by atoms with Crippen molar-refractivity contribution in [1.29, 1.82) is 0 Å². The van der Waals surface area contributed by atoms with Crippen molar-refractivity contribution in [2.45, 2.75) is 19.4 Å². The van der Waals surface area contributed by atoms with E-state index in [1.54, 1.807) is 19.1 Å². The molecule has 122 valence electrons. The lowest BCUT2D eigenvalue weighted by molar-refractivity contribution is 0.101. The highest BCUT2D eigenvalue weighted by molar-refractivity contribution is 7.10. The average molecular weight is 341 g/mol. The second-order valence-electron chi connectivity index (χ2n) is 5.18. The van der Waals surface area contributed by atoms with Gasteiger partial charge in [0.2, 0.25) is 5.82 Å². The number of benzene rings is 1. The topological polar surface area (TPSA) is 105 Å². The molecule has 1 aromatic carbocycles. The number of aliphatic hydroxyl groups is 1. The van der Waals surface area contributed by atoms with Crippen LogP contribution in [0.25, 0.3) is 6.08 Å². The van der Waals surface area contributed by atoms with Gasteiger partial charge in [0, 0.05) is 17.4 Å². The summed E-state index contributed by atoms with van der Waals surface area (Å²) < 4.78 is 0. The minimum absolute atomic E-state index is 0.0581. The molecule has 0 aliphatic heterocycles. The molecule has 2 N–H and O–H groups in total. The number of aromatic amines is 1. The third-order valence-electron chi connectivity index (χ3n) is 3.36. The zero-order valence-corrected chi connectivity index (χ0v) is 13.7.